The summed E-state index contributed by atoms with van der Waals surface area (Å²) >= 11 is 7.47. The van der Waals surface area contributed by atoms with E-state index in [0.29, 0.717) is 0 Å². The van der Waals surface area contributed by atoms with E-state index in [1.165, 1.54) is 44.5 Å². The summed E-state index contributed by atoms with van der Waals surface area (Å²) in [5.41, 5.74) is 10.0. The molecule has 5 rings (SSSR count). The van der Waals surface area contributed by atoms with Gasteiger partial charge in [0.25, 0.3) is 0 Å². The molecule has 0 fully saturated rings. The molecule has 1 aliphatic carbocycles. The summed E-state index contributed by atoms with van der Waals surface area (Å²) in [7, 11) is 0. The Bertz CT molecular complexity index is 1120. The van der Waals surface area contributed by atoms with E-state index in [-0.39, 0.29) is 5.41 Å². The topological polar surface area (TPSA) is 0 Å². The van der Waals surface area contributed by atoms with Crippen molar-refractivity contribution in [1.82, 2.24) is 0 Å². The van der Waals surface area contributed by atoms with Gasteiger partial charge in [-0.1, -0.05) is 104 Å². The number of rotatable bonds is 2. The molecule has 0 nitrogen and oxygen atoms in total. The van der Waals surface area contributed by atoms with E-state index in [1.54, 1.807) is 0 Å². The van der Waals surface area contributed by atoms with Gasteiger partial charge in [0.2, 0.25) is 0 Å². The van der Waals surface area contributed by atoms with Gasteiger partial charge in [-0.2, -0.15) is 0 Å². The summed E-state index contributed by atoms with van der Waals surface area (Å²) in [6.07, 6.45) is 0. The van der Waals surface area contributed by atoms with Gasteiger partial charge in [-0.05, 0) is 71.5 Å². The molecule has 0 bridgehead atoms. The Balaban J connectivity index is 1.97. The molecule has 0 heterocycles. The Kier molecular flexibility index (Phi) is 4.53. The highest BCUT2D eigenvalue weighted by molar-refractivity contribution is 9.10. The molecule has 0 spiro atoms. The number of halogens is 2. The lowest BCUT2D eigenvalue weighted by atomic mass is 9.67. The van der Waals surface area contributed by atoms with Crippen LogP contribution in [0.25, 0.3) is 11.1 Å². The molecule has 0 unspecified atom stereocenters. The van der Waals surface area contributed by atoms with Crippen LogP contribution in [-0.2, 0) is 5.41 Å². The van der Waals surface area contributed by atoms with Gasteiger partial charge in [0.1, 0.15) is 0 Å². The van der Waals surface area contributed by atoms with Gasteiger partial charge in [0.05, 0.1) is 5.41 Å². The second-order valence-electron chi connectivity index (χ2n) is 7.86. The van der Waals surface area contributed by atoms with Crippen molar-refractivity contribution in [2.75, 3.05) is 0 Å². The van der Waals surface area contributed by atoms with Crippen molar-refractivity contribution in [3.63, 3.8) is 0 Å². The lowest BCUT2D eigenvalue weighted by Gasteiger charge is -2.34. The fourth-order valence-corrected chi connectivity index (χ4v) is 5.39. The molecule has 0 saturated carbocycles. The molecule has 4 aromatic rings. The third-order valence-electron chi connectivity index (χ3n) is 6.03. The molecule has 1 aliphatic rings. The molecule has 0 aromatic heterocycles. The van der Waals surface area contributed by atoms with E-state index in [9.17, 15) is 0 Å². The minimum atomic E-state index is -0.348. The third-order valence-corrected chi connectivity index (χ3v) is 7.02. The van der Waals surface area contributed by atoms with Crippen LogP contribution >= 0.6 is 31.9 Å². The molecule has 29 heavy (non-hydrogen) atoms. The Morgan fingerprint density at radius 2 is 0.897 bits per heavy atom. The van der Waals surface area contributed by atoms with Crippen LogP contribution in [0.5, 0.6) is 0 Å². The highest BCUT2D eigenvalue weighted by Gasteiger charge is 2.46. The second-order valence-corrected chi connectivity index (χ2v) is 9.69. The zero-order valence-corrected chi connectivity index (χ0v) is 19.5. The van der Waals surface area contributed by atoms with Crippen LogP contribution in [0.15, 0.2) is 93.9 Å². The van der Waals surface area contributed by atoms with Crippen molar-refractivity contribution in [2.24, 2.45) is 0 Å². The Labute approximate surface area is 188 Å². The Morgan fingerprint density at radius 1 is 0.517 bits per heavy atom. The van der Waals surface area contributed by atoms with E-state index in [0.717, 1.165) is 8.95 Å². The molecule has 2 heteroatoms. The second kappa shape index (κ2) is 6.97. The Hall–Kier alpha value is -2.16. The number of fused-ring (bicyclic) bond motifs is 3. The lowest BCUT2D eigenvalue weighted by Crippen LogP contribution is -2.28. The summed E-state index contributed by atoms with van der Waals surface area (Å²) in [4.78, 5) is 0. The average molecular weight is 504 g/mol. The van der Waals surface area contributed by atoms with Crippen LogP contribution in [0.3, 0.4) is 0 Å². The fraction of sp³-hybridized carbons (Fsp3) is 0.111. The molecule has 0 atom stereocenters. The quantitative estimate of drug-likeness (QED) is 0.228. The smallest absolute Gasteiger partial charge is 0.0590 e. The molecule has 0 saturated heterocycles. The summed E-state index contributed by atoms with van der Waals surface area (Å²) < 4.78 is 2.21. The fourth-order valence-electron chi connectivity index (χ4n) is 4.66. The van der Waals surface area contributed by atoms with Crippen molar-refractivity contribution < 1.29 is 0 Å². The number of hydrogen-bond donors (Lipinski definition) is 0. The minimum absolute atomic E-state index is 0.348. The van der Waals surface area contributed by atoms with Crippen LogP contribution in [0, 0.1) is 13.8 Å². The van der Waals surface area contributed by atoms with Gasteiger partial charge in [0, 0.05) is 8.95 Å². The van der Waals surface area contributed by atoms with Gasteiger partial charge in [0.15, 0.2) is 0 Å². The maximum absolute atomic E-state index is 3.73. The van der Waals surface area contributed by atoms with Crippen molar-refractivity contribution in [2.45, 2.75) is 19.3 Å². The van der Waals surface area contributed by atoms with Crippen LogP contribution in [0.4, 0.5) is 0 Å². The SMILES string of the molecule is Cc1ccc(C2(c3ccc(C)cc3)c3cc(Br)ccc3-c3ccc(Br)cc32)cc1. The predicted octanol–water partition coefficient (Wildman–Crippen LogP) is 8.19. The monoisotopic (exact) mass is 502 g/mol. The van der Waals surface area contributed by atoms with Crippen molar-refractivity contribution in [1.29, 1.82) is 0 Å². The van der Waals surface area contributed by atoms with Gasteiger partial charge in [-0.25, -0.2) is 0 Å². The molecular weight excluding hydrogens is 484 g/mol. The summed E-state index contributed by atoms with van der Waals surface area (Å²) in [5.74, 6) is 0. The highest BCUT2D eigenvalue weighted by Crippen LogP contribution is 2.57. The van der Waals surface area contributed by atoms with Crippen molar-refractivity contribution >= 4 is 31.9 Å². The first-order valence-corrected chi connectivity index (χ1v) is 11.3. The zero-order valence-electron chi connectivity index (χ0n) is 16.3. The Morgan fingerprint density at radius 3 is 1.28 bits per heavy atom. The van der Waals surface area contributed by atoms with E-state index in [4.69, 9.17) is 0 Å². The van der Waals surface area contributed by atoms with Gasteiger partial charge >= 0.3 is 0 Å². The standard InChI is InChI=1S/C27H20Br2/c1-17-3-7-19(8-4-17)27(20-9-5-18(2)6-10-20)25-15-21(28)11-13-23(25)24-14-12-22(29)16-26(24)27/h3-16H,1-2H3. The van der Waals surface area contributed by atoms with Gasteiger partial charge in [-0.3, -0.25) is 0 Å². The summed E-state index contributed by atoms with van der Waals surface area (Å²) in [5, 5.41) is 0. The summed E-state index contributed by atoms with van der Waals surface area (Å²) in [6, 6.07) is 31.4. The van der Waals surface area contributed by atoms with Crippen molar-refractivity contribution in [3.8, 4) is 11.1 Å². The van der Waals surface area contributed by atoms with E-state index in [1.807, 2.05) is 0 Å². The molecule has 0 amide bonds. The van der Waals surface area contributed by atoms with E-state index < -0.39 is 0 Å². The number of hydrogen-bond acceptors (Lipinski definition) is 0. The maximum atomic E-state index is 3.73. The third kappa shape index (κ3) is 2.85. The van der Waals surface area contributed by atoms with Crippen LogP contribution in [0.1, 0.15) is 33.4 Å². The molecule has 0 N–H and O–H groups in total. The molecule has 142 valence electrons. The first kappa shape index (κ1) is 18.8. The van der Waals surface area contributed by atoms with Crippen LogP contribution in [-0.4, -0.2) is 0 Å². The average Bonchev–Trinajstić information content (AvgIpc) is 2.99. The van der Waals surface area contributed by atoms with E-state index >= 15 is 0 Å². The molecular formula is C27H20Br2. The molecule has 4 aromatic carbocycles. The van der Waals surface area contributed by atoms with Gasteiger partial charge in [-0.15, -0.1) is 0 Å². The minimum Gasteiger partial charge on any atom is -0.0590 e. The van der Waals surface area contributed by atoms with Gasteiger partial charge < -0.3 is 0 Å². The lowest BCUT2D eigenvalue weighted by molar-refractivity contribution is 0.766. The van der Waals surface area contributed by atoms with E-state index in [2.05, 4.69) is 131 Å². The maximum Gasteiger partial charge on any atom is 0.0714 e. The number of aryl methyl sites for hydroxylation is 2. The number of benzene rings is 4. The van der Waals surface area contributed by atoms with Crippen LogP contribution < -0.4 is 0 Å². The molecule has 0 radical (unpaired) electrons. The first-order chi connectivity index (χ1) is 14.0. The normalized spacial score (nSPS) is 13.8. The largest absolute Gasteiger partial charge is 0.0714 e. The van der Waals surface area contributed by atoms with Crippen LogP contribution in [0.2, 0.25) is 0 Å². The van der Waals surface area contributed by atoms with Crippen molar-refractivity contribution in [3.05, 3.63) is 127 Å². The first-order valence-electron chi connectivity index (χ1n) is 9.75. The summed E-state index contributed by atoms with van der Waals surface area (Å²) in [6.45, 7) is 4.29. The molecule has 0 aliphatic heterocycles. The zero-order chi connectivity index (χ0) is 20.2. The highest BCUT2D eigenvalue weighted by atomic mass is 79.9. The predicted molar refractivity (Wildman–Crippen MR) is 129 cm³/mol.